The van der Waals surface area contributed by atoms with Crippen LogP contribution in [0.15, 0.2) is 4.99 Å². The lowest BCUT2D eigenvalue weighted by Gasteiger charge is -2.26. The summed E-state index contributed by atoms with van der Waals surface area (Å²) in [5.74, 6) is 7.97. The molecular weight excluding hydrogens is 230 g/mol. The Balaban J connectivity index is 2.05. The van der Waals surface area contributed by atoms with Crippen molar-refractivity contribution in [3.05, 3.63) is 0 Å². The van der Waals surface area contributed by atoms with Crippen LogP contribution in [0.1, 0.15) is 58.3 Å². The summed E-state index contributed by atoms with van der Waals surface area (Å²) < 4.78 is 0.140. The first-order valence-corrected chi connectivity index (χ1v) is 7.92. The van der Waals surface area contributed by atoms with Gasteiger partial charge in [0.15, 0.2) is 0 Å². The smallest absolute Gasteiger partial charge is 0.127 e. The first-order chi connectivity index (χ1) is 8.24. The van der Waals surface area contributed by atoms with Crippen molar-refractivity contribution in [1.29, 1.82) is 0 Å². The van der Waals surface area contributed by atoms with Crippen LogP contribution in [0.2, 0.25) is 0 Å². The Kier molecular flexibility index (Phi) is 4.74. The lowest BCUT2D eigenvalue weighted by atomic mass is 10.0. The summed E-state index contributed by atoms with van der Waals surface area (Å²) in [5, 5.41) is 0. The van der Waals surface area contributed by atoms with Crippen LogP contribution in [0, 0.1) is 0 Å². The average Bonchev–Trinajstić information content (AvgIpc) is 2.63. The van der Waals surface area contributed by atoms with E-state index in [2.05, 4.69) is 12.3 Å². The topological polar surface area (TPSA) is 50.4 Å². The molecule has 0 spiro atoms. The molecule has 1 unspecified atom stereocenters. The second-order valence-corrected chi connectivity index (χ2v) is 7.05. The van der Waals surface area contributed by atoms with Gasteiger partial charge in [-0.2, -0.15) is 0 Å². The first kappa shape index (κ1) is 13.2. The Hall–Kier alpha value is -0.220. The van der Waals surface area contributed by atoms with Gasteiger partial charge < -0.3 is 5.43 Å². The lowest BCUT2D eigenvalue weighted by Crippen LogP contribution is -2.45. The molecule has 1 saturated heterocycles. The second-order valence-electron chi connectivity index (χ2n) is 5.45. The van der Waals surface area contributed by atoms with E-state index in [0.717, 1.165) is 5.84 Å². The van der Waals surface area contributed by atoms with Gasteiger partial charge in [0.1, 0.15) is 5.84 Å². The highest BCUT2D eigenvalue weighted by molar-refractivity contribution is 8.01. The third-order valence-electron chi connectivity index (χ3n) is 3.99. The zero-order valence-corrected chi connectivity index (χ0v) is 11.7. The van der Waals surface area contributed by atoms with E-state index in [4.69, 9.17) is 10.8 Å². The summed E-state index contributed by atoms with van der Waals surface area (Å²) in [4.78, 5) is 4.93. The van der Waals surface area contributed by atoms with Gasteiger partial charge >= 0.3 is 0 Å². The van der Waals surface area contributed by atoms with Gasteiger partial charge in [0, 0.05) is 0 Å². The number of hydrogen-bond acceptors (Lipinski definition) is 3. The van der Waals surface area contributed by atoms with Crippen LogP contribution in [0.5, 0.6) is 0 Å². The Labute approximate surface area is 109 Å². The molecule has 2 fully saturated rings. The third kappa shape index (κ3) is 3.38. The molecule has 1 atom stereocenters. The maximum absolute atomic E-state index is 5.70. The molecule has 0 amide bonds. The molecule has 17 heavy (non-hydrogen) atoms. The van der Waals surface area contributed by atoms with Crippen LogP contribution in [0.25, 0.3) is 0 Å². The van der Waals surface area contributed by atoms with Crippen molar-refractivity contribution in [2.24, 2.45) is 10.8 Å². The van der Waals surface area contributed by atoms with E-state index in [1.807, 2.05) is 11.8 Å². The summed E-state index contributed by atoms with van der Waals surface area (Å²) in [7, 11) is 0. The van der Waals surface area contributed by atoms with Crippen molar-refractivity contribution in [3.63, 3.8) is 0 Å². The van der Waals surface area contributed by atoms with Gasteiger partial charge in [0.05, 0.1) is 10.8 Å². The molecular formula is C13H25N3S. The largest absolute Gasteiger partial charge is 0.311 e. The van der Waals surface area contributed by atoms with Crippen molar-refractivity contribution in [2.45, 2.75) is 69.1 Å². The van der Waals surface area contributed by atoms with Gasteiger partial charge in [-0.1, -0.05) is 25.7 Å². The molecule has 2 rings (SSSR count). The summed E-state index contributed by atoms with van der Waals surface area (Å²) in [6, 6.07) is 0.501. The van der Waals surface area contributed by atoms with Gasteiger partial charge in [-0.3, -0.25) is 4.99 Å². The van der Waals surface area contributed by atoms with Crippen molar-refractivity contribution in [2.75, 3.05) is 5.75 Å². The van der Waals surface area contributed by atoms with Crippen molar-refractivity contribution in [1.82, 2.24) is 5.43 Å². The number of hydrazine groups is 1. The predicted octanol–water partition coefficient (Wildman–Crippen LogP) is 2.86. The number of nitrogens with one attached hydrogen (secondary N) is 1. The number of hydrogen-bond donors (Lipinski definition) is 2. The van der Waals surface area contributed by atoms with Gasteiger partial charge in [0.25, 0.3) is 0 Å². The molecule has 0 aromatic rings. The molecule has 0 aromatic carbocycles. The number of thioether (sulfide) groups is 1. The van der Waals surface area contributed by atoms with E-state index in [1.54, 1.807) is 0 Å². The van der Waals surface area contributed by atoms with Gasteiger partial charge in [0.2, 0.25) is 0 Å². The normalized spacial score (nSPS) is 32.5. The molecule has 3 nitrogen and oxygen atoms in total. The Morgan fingerprint density at radius 2 is 1.94 bits per heavy atom. The molecule has 1 aliphatic carbocycles. The van der Waals surface area contributed by atoms with E-state index in [1.165, 1.54) is 57.1 Å². The maximum Gasteiger partial charge on any atom is 0.127 e. The molecule has 0 bridgehead atoms. The van der Waals surface area contributed by atoms with E-state index >= 15 is 0 Å². The predicted molar refractivity (Wildman–Crippen MR) is 76.3 cm³/mol. The Bertz CT molecular complexity index is 264. The fourth-order valence-corrected chi connectivity index (χ4v) is 4.14. The summed E-state index contributed by atoms with van der Waals surface area (Å²) >= 11 is 2.00. The van der Waals surface area contributed by atoms with Crippen molar-refractivity contribution in [3.8, 4) is 0 Å². The minimum Gasteiger partial charge on any atom is -0.311 e. The molecule has 0 aromatic heterocycles. The van der Waals surface area contributed by atoms with Crippen LogP contribution in [-0.2, 0) is 0 Å². The highest BCUT2D eigenvalue weighted by Gasteiger charge is 2.35. The zero-order valence-electron chi connectivity index (χ0n) is 10.9. The second kappa shape index (κ2) is 6.10. The van der Waals surface area contributed by atoms with Crippen molar-refractivity contribution < 1.29 is 0 Å². The fourth-order valence-electron chi connectivity index (χ4n) is 2.86. The average molecular weight is 255 g/mol. The highest BCUT2D eigenvalue weighted by Crippen LogP contribution is 2.38. The van der Waals surface area contributed by atoms with Crippen LogP contribution in [0.3, 0.4) is 0 Å². The van der Waals surface area contributed by atoms with Crippen LogP contribution in [-0.4, -0.2) is 22.4 Å². The number of nitrogens with two attached hydrogens (primary N) is 1. The highest BCUT2D eigenvalue weighted by atomic mass is 32.2. The monoisotopic (exact) mass is 255 g/mol. The van der Waals surface area contributed by atoms with Gasteiger partial charge in [-0.15, -0.1) is 11.8 Å². The molecule has 0 radical (unpaired) electrons. The van der Waals surface area contributed by atoms with Gasteiger partial charge in [-0.25, -0.2) is 5.84 Å². The van der Waals surface area contributed by atoms with E-state index < -0.39 is 0 Å². The van der Waals surface area contributed by atoms with E-state index in [0.29, 0.717) is 6.04 Å². The summed E-state index contributed by atoms with van der Waals surface area (Å²) in [6.45, 7) is 2.28. The number of aliphatic imine (C=N–C) groups is 1. The zero-order chi connectivity index (χ0) is 12.1. The first-order valence-electron chi connectivity index (χ1n) is 6.93. The maximum atomic E-state index is 5.70. The van der Waals surface area contributed by atoms with E-state index in [-0.39, 0.29) is 4.75 Å². The van der Waals surface area contributed by atoms with Crippen LogP contribution in [0.4, 0.5) is 0 Å². The number of rotatable bonds is 2. The minimum absolute atomic E-state index is 0.140. The Morgan fingerprint density at radius 3 is 2.47 bits per heavy atom. The van der Waals surface area contributed by atoms with Crippen LogP contribution >= 0.6 is 11.8 Å². The molecule has 1 heterocycles. The molecule has 98 valence electrons. The summed E-state index contributed by atoms with van der Waals surface area (Å²) in [5.41, 5.74) is 2.88. The quantitative estimate of drug-likeness (QED) is 0.262. The standard InChI is InChI=1S/C13H25N3S/c1-13(9-6-10-17-13)12(16-14)15-11-7-4-2-3-5-8-11/h11H,2-10,14H2,1H3,(H,15,16). The van der Waals surface area contributed by atoms with Crippen molar-refractivity contribution >= 4 is 17.6 Å². The lowest BCUT2D eigenvalue weighted by molar-refractivity contribution is 0.575. The van der Waals surface area contributed by atoms with Gasteiger partial charge in [-0.05, 0) is 38.4 Å². The molecule has 3 N–H and O–H groups in total. The van der Waals surface area contributed by atoms with Crippen LogP contribution < -0.4 is 11.3 Å². The summed E-state index contributed by atoms with van der Waals surface area (Å²) in [6.07, 6.45) is 10.4. The third-order valence-corrected chi connectivity index (χ3v) is 5.52. The Morgan fingerprint density at radius 1 is 1.24 bits per heavy atom. The minimum atomic E-state index is 0.140. The molecule has 1 saturated carbocycles. The number of nitrogens with zero attached hydrogens (tertiary/aromatic N) is 1. The molecule has 1 aliphatic heterocycles. The SMILES string of the molecule is CC1(C(=NC2CCCCCC2)NN)CCCS1. The molecule has 2 aliphatic rings. The van der Waals surface area contributed by atoms with E-state index in [9.17, 15) is 0 Å². The number of amidine groups is 1. The molecule has 4 heteroatoms. The fraction of sp³-hybridized carbons (Fsp3) is 0.923.